The van der Waals surface area contributed by atoms with E-state index in [1.807, 2.05) is 0 Å². The van der Waals surface area contributed by atoms with Crippen LogP contribution in [0.2, 0.25) is 0 Å². The standard InChI is InChI=1S/C16H22N2O3/c1-12-9-13(19)10-14(21-12)15(20)17-16(5-6-16)11-18-7-3-2-4-8-18/h9-10H,2-8,11H2,1H3,(H,17,20). The topological polar surface area (TPSA) is 62.6 Å². The van der Waals surface area contributed by atoms with E-state index in [2.05, 4.69) is 10.2 Å². The molecule has 1 aromatic rings. The maximum Gasteiger partial charge on any atom is 0.287 e. The van der Waals surface area contributed by atoms with Crippen molar-refractivity contribution in [3.63, 3.8) is 0 Å². The quantitative estimate of drug-likeness (QED) is 0.916. The molecule has 5 heteroatoms. The van der Waals surface area contributed by atoms with Crippen LogP contribution in [0.15, 0.2) is 21.3 Å². The van der Waals surface area contributed by atoms with Crippen LogP contribution in [0.4, 0.5) is 0 Å². The normalized spacial score (nSPS) is 21.0. The Labute approximate surface area is 124 Å². The molecule has 21 heavy (non-hydrogen) atoms. The zero-order valence-corrected chi connectivity index (χ0v) is 12.5. The molecule has 1 saturated carbocycles. The number of piperidine rings is 1. The van der Waals surface area contributed by atoms with E-state index in [0.29, 0.717) is 5.76 Å². The molecule has 5 nitrogen and oxygen atoms in total. The van der Waals surface area contributed by atoms with Crippen LogP contribution in [-0.4, -0.2) is 36.0 Å². The first-order chi connectivity index (χ1) is 10.1. The Morgan fingerprint density at radius 3 is 2.62 bits per heavy atom. The third-order valence-electron chi connectivity index (χ3n) is 4.32. The molecular formula is C16H22N2O3. The molecule has 0 spiro atoms. The van der Waals surface area contributed by atoms with Crippen LogP contribution < -0.4 is 10.7 Å². The number of nitrogens with one attached hydrogen (secondary N) is 1. The van der Waals surface area contributed by atoms with Crippen molar-refractivity contribution in [1.82, 2.24) is 10.2 Å². The summed E-state index contributed by atoms with van der Waals surface area (Å²) in [7, 11) is 0. The van der Waals surface area contributed by atoms with Gasteiger partial charge in [-0.15, -0.1) is 0 Å². The highest BCUT2D eigenvalue weighted by atomic mass is 16.3. The summed E-state index contributed by atoms with van der Waals surface area (Å²) in [6, 6.07) is 2.65. The number of hydrogen-bond donors (Lipinski definition) is 1. The number of rotatable bonds is 4. The van der Waals surface area contributed by atoms with Gasteiger partial charge in [0.15, 0.2) is 11.2 Å². The fourth-order valence-electron chi connectivity index (χ4n) is 3.04. The molecule has 1 aromatic heterocycles. The van der Waals surface area contributed by atoms with Crippen LogP contribution in [0.1, 0.15) is 48.4 Å². The monoisotopic (exact) mass is 290 g/mol. The SMILES string of the molecule is Cc1cc(=O)cc(C(=O)NC2(CN3CCCCC3)CC2)o1. The Kier molecular flexibility index (Phi) is 3.85. The van der Waals surface area contributed by atoms with Gasteiger partial charge in [0.2, 0.25) is 0 Å². The number of carbonyl (C=O) groups is 1. The van der Waals surface area contributed by atoms with Gasteiger partial charge in [-0.3, -0.25) is 9.59 Å². The predicted octanol–water partition coefficient (Wildman–Crippen LogP) is 1.70. The van der Waals surface area contributed by atoms with Crippen molar-refractivity contribution in [2.75, 3.05) is 19.6 Å². The molecule has 1 amide bonds. The third-order valence-corrected chi connectivity index (χ3v) is 4.32. The number of aryl methyl sites for hydroxylation is 1. The van der Waals surface area contributed by atoms with Crippen molar-refractivity contribution in [2.45, 2.75) is 44.6 Å². The van der Waals surface area contributed by atoms with Crippen LogP contribution in [0.25, 0.3) is 0 Å². The van der Waals surface area contributed by atoms with Crippen molar-refractivity contribution >= 4 is 5.91 Å². The van der Waals surface area contributed by atoms with Gasteiger partial charge in [-0.25, -0.2) is 0 Å². The lowest BCUT2D eigenvalue weighted by molar-refractivity contribution is 0.0879. The lowest BCUT2D eigenvalue weighted by Crippen LogP contribution is -2.47. The van der Waals surface area contributed by atoms with E-state index in [4.69, 9.17) is 4.42 Å². The minimum atomic E-state index is -0.273. The van der Waals surface area contributed by atoms with Crippen molar-refractivity contribution in [3.8, 4) is 0 Å². The number of amides is 1. The second-order valence-electron chi connectivity index (χ2n) is 6.34. The highest BCUT2D eigenvalue weighted by Crippen LogP contribution is 2.37. The van der Waals surface area contributed by atoms with Gasteiger partial charge in [-0.1, -0.05) is 6.42 Å². The van der Waals surface area contributed by atoms with E-state index in [0.717, 1.165) is 32.5 Å². The van der Waals surface area contributed by atoms with E-state index in [9.17, 15) is 9.59 Å². The van der Waals surface area contributed by atoms with Crippen LogP contribution >= 0.6 is 0 Å². The summed E-state index contributed by atoms with van der Waals surface area (Å²) in [5.74, 6) is 0.309. The first kappa shape index (κ1) is 14.3. The molecule has 3 rings (SSSR count). The van der Waals surface area contributed by atoms with Crippen LogP contribution in [0.5, 0.6) is 0 Å². The average molecular weight is 290 g/mol. The van der Waals surface area contributed by atoms with Gasteiger partial charge in [-0.05, 0) is 45.7 Å². The highest BCUT2D eigenvalue weighted by Gasteiger charge is 2.45. The Morgan fingerprint density at radius 1 is 1.29 bits per heavy atom. The molecule has 0 atom stereocenters. The van der Waals surface area contributed by atoms with Crippen LogP contribution in [0.3, 0.4) is 0 Å². The third kappa shape index (κ3) is 3.53. The molecule has 1 saturated heterocycles. The van der Waals surface area contributed by atoms with Gasteiger partial charge in [0.05, 0.1) is 5.54 Å². The fraction of sp³-hybridized carbons (Fsp3) is 0.625. The Bertz CT molecular complexity index is 583. The molecule has 0 aromatic carbocycles. The lowest BCUT2D eigenvalue weighted by atomic mass is 10.1. The van der Waals surface area contributed by atoms with Crippen molar-refractivity contribution < 1.29 is 9.21 Å². The predicted molar refractivity (Wildman–Crippen MR) is 79.4 cm³/mol. The van der Waals surface area contributed by atoms with Gasteiger partial charge in [0, 0.05) is 18.7 Å². The highest BCUT2D eigenvalue weighted by molar-refractivity contribution is 5.92. The zero-order chi connectivity index (χ0) is 14.9. The Hall–Kier alpha value is -1.62. The number of nitrogens with zero attached hydrogens (tertiary/aromatic N) is 1. The van der Waals surface area contributed by atoms with E-state index in [-0.39, 0.29) is 22.6 Å². The largest absolute Gasteiger partial charge is 0.456 e. The van der Waals surface area contributed by atoms with E-state index >= 15 is 0 Å². The number of carbonyl (C=O) groups excluding carboxylic acids is 1. The number of hydrogen-bond acceptors (Lipinski definition) is 4. The van der Waals surface area contributed by atoms with Gasteiger partial charge in [-0.2, -0.15) is 0 Å². The van der Waals surface area contributed by atoms with Gasteiger partial charge < -0.3 is 14.6 Å². The minimum absolute atomic E-state index is 0.114. The number of likely N-dealkylation sites (tertiary alicyclic amines) is 1. The summed E-state index contributed by atoms with van der Waals surface area (Å²) < 4.78 is 5.36. The van der Waals surface area contributed by atoms with E-state index in [1.54, 1.807) is 6.92 Å². The first-order valence-electron chi connectivity index (χ1n) is 7.73. The van der Waals surface area contributed by atoms with Gasteiger partial charge in [0.25, 0.3) is 5.91 Å². The van der Waals surface area contributed by atoms with Gasteiger partial charge >= 0.3 is 0 Å². The van der Waals surface area contributed by atoms with Crippen molar-refractivity contribution in [1.29, 1.82) is 0 Å². The molecular weight excluding hydrogens is 268 g/mol. The molecule has 1 aliphatic carbocycles. The smallest absolute Gasteiger partial charge is 0.287 e. The van der Waals surface area contributed by atoms with Crippen LogP contribution in [-0.2, 0) is 0 Å². The summed E-state index contributed by atoms with van der Waals surface area (Å²) >= 11 is 0. The molecule has 2 heterocycles. The molecule has 1 aliphatic heterocycles. The second kappa shape index (κ2) is 5.64. The average Bonchev–Trinajstić information content (AvgIpc) is 3.18. The van der Waals surface area contributed by atoms with Gasteiger partial charge in [0.1, 0.15) is 5.76 Å². The second-order valence-corrected chi connectivity index (χ2v) is 6.34. The molecule has 1 N–H and O–H groups in total. The molecule has 0 bridgehead atoms. The summed E-state index contributed by atoms with van der Waals surface area (Å²) in [5, 5.41) is 3.07. The molecule has 2 fully saturated rings. The summed E-state index contributed by atoms with van der Waals surface area (Å²) in [6.45, 7) is 4.84. The first-order valence-corrected chi connectivity index (χ1v) is 7.73. The minimum Gasteiger partial charge on any atom is -0.456 e. The Balaban J connectivity index is 1.64. The summed E-state index contributed by atoms with van der Waals surface area (Å²) in [6.07, 6.45) is 5.81. The molecule has 114 valence electrons. The maximum atomic E-state index is 12.3. The lowest BCUT2D eigenvalue weighted by Gasteiger charge is -2.30. The summed E-state index contributed by atoms with van der Waals surface area (Å²) in [5.41, 5.74) is -0.304. The molecule has 2 aliphatic rings. The molecule has 0 unspecified atom stereocenters. The van der Waals surface area contributed by atoms with E-state index < -0.39 is 0 Å². The summed E-state index contributed by atoms with van der Waals surface area (Å²) in [4.78, 5) is 26.2. The maximum absolute atomic E-state index is 12.3. The van der Waals surface area contributed by atoms with Crippen LogP contribution in [0, 0.1) is 6.92 Å². The molecule has 0 radical (unpaired) electrons. The van der Waals surface area contributed by atoms with Crippen molar-refractivity contribution in [3.05, 3.63) is 33.9 Å². The van der Waals surface area contributed by atoms with E-state index in [1.165, 1.54) is 31.4 Å². The Morgan fingerprint density at radius 2 is 2.00 bits per heavy atom. The zero-order valence-electron chi connectivity index (χ0n) is 12.5. The fourth-order valence-corrected chi connectivity index (χ4v) is 3.04. The van der Waals surface area contributed by atoms with Crippen molar-refractivity contribution in [2.24, 2.45) is 0 Å².